The Balaban J connectivity index is 1.40. The Bertz CT molecular complexity index is 1270. The highest BCUT2D eigenvalue weighted by Crippen LogP contribution is 2.19. The molecule has 0 bridgehead atoms. The molecule has 40 heavy (non-hydrogen) atoms. The van der Waals surface area contributed by atoms with Gasteiger partial charge in [-0.05, 0) is 35.7 Å². The van der Waals surface area contributed by atoms with Crippen LogP contribution in [0.5, 0.6) is 5.75 Å². The van der Waals surface area contributed by atoms with Crippen molar-refractivity contribution < 1.29 is 28.7 Å². The third-order valence-electron chi connectivity index (χ3n) is 6.54. The number of nitrogens with zero attached hydrogens (tertiary/aromatic N) is 1. The maximum atomic E-state index is 13.1. The fourth-order valence-corrected chi connectivity index (χ4v) is 4.36. The van der Waals surface area contributed by atoms with Crippen molar-refractivity contribution in [1.82, 2.24) is 10.6 Å². The van der Waals surface area contributed by atoms with Crippen molar-refractivity contribution in [2.24, 2.45) is 0 Å². The maximum Gasteiger partial charge on any atom is 0.329 e. The van der Waals surface area contributed by atoms with Gasteiger partial charge in [0.25, 0.3) is 0 Å². The first-order valence-electron chi connectivity index (χ1n) is 13.1. The van der Waals surface area contributed by atoms with E-state index in [-0.39, 0.29) is 32.8 Å². The smallest absolute Gasteiger partial charge is 0.329 e. The van der Waals surface area contributed by atoms with Gasteiger partial charge in [0.15, 0.2) is 0 Å². The van der Waals surface area contributed by atoms with Crippen LogP contribution in [0.2, 0.25) is 0 Å². The molecule has 210 valence electrons. The number of nitrogens with one attached hydrogen (secondary N) is 2. The van der Waals surface area contributed by atoms with Gasteiger partial charge in [0.05, 0.1) is 19.3 Å². The average Bonchev–Trinajstić information content (AvgIpc) is 2.94. The summed E-state index contributed by atoms with van der Waals surface area (Å²) >= 11 is 0. The van der Waals surface area contributed by atoms with Gasteiger partial charge in [-0.25, -0.2) is 4.79 Å². The number of carbonyl (C=O) groups excluding carboxylic acids is 2. The predicted octanol–water partition coefficient (Wildman–Crippen LogP) is 3.06. The molecule has 1 amide bonds. The van der Waals surface area contributed by atoms with Gasteiger partial charge in [0.2, 0.25) is 12.5 Å². The van der Waals surface area contributed by atoms with Crippen molar-refractivity contribution in [3.8, 4) is 5.75 Å². The molecule has 1 aliphatic rings. The number of carbonyl (C=O) groups is 2. The van der Waals surface area contributed by atoms with Gasteiger partial charge in [-0.2, -0.15) is 0 Å². The third-order valence-corrected chi connectivity index (χ3v) is 6.54. The van der Waals surface area contributed by atoms with E-state index in [0.29, 0.717) is 12.4 Å². The number of esters is 1. The Kier molecular flexibility index (Phi) is 9.82. The van der Waals surface area contributed by atoms with Crippen molar-refractivity contribution in [3.63, 3.8) is 0 Å². The number of benzene rings is 3. The van der Waals surface area contributed by atoms with E-state index in [1.165, 1.54) is 0 Å². The molecule has 2 atom stereocenters. The molecule has 2 N–H and O–H groups in total. The van der Waals surface area contributed by atoms with Gasteiger partial charge >= 0.3 is 5.97 Å². The first-order chi connectivity index (χ1) is 19.3. The highest BCUT2D eigenvalue weighted by Gasteiger charge is 2.45. The summed E-state index contributed by atoms with van der Waals surface area (Å²) in [7, 11) is 0. The molecule has 0 spiro atoms. The van der Waals surface area contributed by atoms with Crippen LogP contribution in [-0.4, -0.2) is 54.2 Å². The first-order valence-corrected chi connectivity index (χ1v) is 13.1. The quantitative estimate of drug-likeness (QED) is 0.179. The fourth-order valence-electron chi connectivity index (χ4n) is 4.36. The average molecular weight is 548 g/mol. The first kappa shape index (κ1) is 28.7. The summed E-state index contributed by atoms with van der Waals surface area (Å²) in [6.07, 6.45) is 0.189. The van der Waals surface area contributed by atoms with Gasteiger partial charge < -0.3 is 19.5 Å². The molecular formula is C30H33N3O7. The Morgan fingerprint density at radius 2 is 1.52 bits per heavy atom. The van der Waals surface area contributed by atoms with Gasteiger partial charge in [-0.15, -0.1) is 0 Å². The standard InChI is InChI=1S/C30H33N3O7/c1-22(32-30(19-33(36)37)20-38-21-30)28(34)31-27(29(35)40-18-25-10-6-3-7-11-25)16-23-12-14-26(15-13-23)39-17-24-8-4-2-5-9-24/h2-15,22,27,32H,16-21H2,1H3,(H,31,34)/t22-,27-/m0/s1. The summed E-state index contributed by atoms with van der Waals surface area (Å²) in [4.78, 5) is 36.9. The Morgan fingerprint density at radius 1 is 0.925 bits per heavy atom. The van der Waals surface area contributed by atoms with Crippen LogP contribution in [0.25, 0.3) is 0 Å². The second kappa shape index (κ2) is 13.7. The molecule has 1 fully saturated rings. The lowest BCUT2D eigenvalue weighted by Gasteiger charge is -2.40. The van der Waals surface area contributed by atoms with Gasteiger partial charge in [-0.3, -0.25) is 20.2 Å². The Labute approximate surface area is 232 Å². The van der Waals surface area contributed by atoms with E-state index in [2.05, 4.69) is 10.6 Å². The number of nitro groups is 1. The molecule has 10 heteroatoms. The molecular weight excluding hydrogens is 514 g/mol. The van der Waals surface area contributed by atoms with Crippen LogP contribution in [0.15, 0.2) is 84.9 Å². The number of rotatable bonds is 14. The highest BCUT2D eigenvalue weighted by atomic mass is 16.6. The predicted molar refractivity (Wildman–Crippen MR) is 147 cm³/mol. The van der Waals surface area contributed by atoms with Crippen LogP contribution in [-0.2, 0) is 38.7 Å². The summed E-state index contributed by atoms with van der Waals surface area (Å²) < 4.78 is 16.5. The number of hydrogen-bond donors (Lipinski definition) is 2. The van der Waals surface area contributed by atoms with Crippen LogP contribution in [0.4, 0.5) is 0 Å². The minimum Gasteiger partial charge on any atom is -0.489 e. The van der Waals surface area contributed by atoms with Crippen LogP contribution in [0, 0.1) is 10.1 Å². The van der Waals surface area contributed by atoms with Crippen molar-refractivity contribution in [1.29, 1.82) is 0 Å². The zero-order valence-corrected chi connectivity index (χ0v) is 22.3. The summed E-state index contributed by atoms with van der Waals surface area (Å²) in [5.41, 5.74) is 1.75. The van der Waals surface area contributed by atoms with E-state index in [0.717, 1.165) is 16.7 Å². The lowest BCUT2D eigenvalue weighted by molar-refractivity contribution is -0.498. The molecule has 1 aliphatic heterocycles. The summed E-state index contributed by atoms with van der Waals surface area (Å²) in [6.45, 7) is 1.99. The van der Waals surface area contributed by atoms with E-state index in [1.54, 1.807) is 6.92 Å². The molecule has 1 heterocycles. The van der Waals surface area contributed by atoms with Crippen LogP contribution in [0.1, 0.15) is 23.6 Å². The summed E-state index contributed by atoms with van der Waals surface area (Å²) in [6, 6.07) is 24.6. The third kappa shape index (κ3) is 8.36. The molecule has 3 aromatic carbocycles. The zero-order chi connectivity index (χ0) is 28.4. The Hall–Kier alpha value is -4.28. The van der Waals surface area contributed by atoms with Crippen molar-refractivity contribution in [3.05, 3.63) is 112 Å². The molecule has 1 saturated heterocycles. The molecule has 0 unspecified atom stereocenters. The molecule has 0 aliphatic carbocycles. The lowest BCUT2D eigenvalue weighted by atomic mass is 9.96. The van der Waals surface area contributed by atoms with Crippen LogP contribution >= 0.6 is 0 Å². The van der Waals surface area contributed by atoms with E-state index in [9.17, 15) is 19.7 Å². The topological polar surface area (TPSA) is 129 Å². The number of amides is 1. The molecule has 3 aromatic rings. The maximum absolute atomic E-state index is 13.1. The normalized spacial score (nSPS) is 15.2. The minimum atomic E-state index is -0.972. The lowest BCUT2D eigenvalue weighted by Crippen LogP contribution is -2.68. The van der Waals surface area contributed by atoms with Gasteiger partial charge in [-0.1, -0.05) is 72.8 Å². The molecule has 0 aromatic heterocycles. The molecule has 4 rings (SSSR count). The molecule has 10 nitrogen and oxygen atoms in total. The molecule has 0 radical (unpaired) electrons. The van der Waals surface area contributed by atoms with E-state index in [4.69, 9.17) is 14.2 Å². The largest absolute Gasteiger partial charge is 0.489 e. The second-order valence-corrected chi connectivity index (χ2v) is 9.91. The van der Waals surface area contributed by atoms with E-state index in [1.807, 2.05) is 84.9 Å². The second-order valence-electron chi connectivity index (χ2n) is 9.91. The monoisotopic (exact) mass is 547 g/mol. The zero-order valence-electron chi connectivity index (χ0n) is 22.3. The van der Waals surface area contributed by atoms with E-state index >= 15 is 0 Å². The number of hydrogen-bond acceptors (Lipinski definition) is 8. The van der Waals surface area contributed by atoms with Crippen LogP contribution in [0.3, 0.4) is 0 Å². The van der Waals surface area contributed by atoms with Crippen molar-refractivity contribution >= 4 is 11.9 Å². The molecule has 0 saturated carbocycles. The fraction of sp³-hybridized carbons (Fsp3) is 0.333. The minimum absolute atomic E-state index is 0.0649. The van der Waals surface area contributed by atoms with Crippen LogP contribution < -0.4 is 15.4 Å². The highest BCUT2D eigenvalue weighted by molar-refractivity contribution is 5.87. The SMILES string of the molecule is C[C@H](NC1(C[N+](=O)[O-])COC1)C(=O)N[C@@H](Cc1ccc(OCc2ccccc2)cc1)C(=O)OCc1ccccc1. The van der Waals surface area contributed by atoms with Gasteiger partial charge in [0, 0.05) is 11.3 Å². The Morgan fingerprint density at radius 3 is 2.08 bits per heavy atom. The summed E-state index contributed by atoms with van der Waals surface area (Å²) in [5.74, 6) is -0.378. The van der Waals surface area contributed by atoms with E-state index < -0.39 is 34.4 Å². The number of ether oxygens (including phenoxy) is 3. The van der Waals surface area contributed by atoms with Crippen molar-refractivity contribution in [2.45, 2.75) is 44.2 Å². The summed E-state index contributed by atoms with van der Waals surface area (Å²) in [5, 5.41) is 16.9. The van der Waals surface area contributed by atoms with Gasteiger partial charge in [0.1, 0.15) is 30.5 Å². The van der Waals surface area contributed by atoms with Crippen molar-refractivity contribution in [2.75, 3.05) is 19.8 Å².